The first-order valence-electron chi connectivity index (χ1n) is 7.10. The molecule has 3 nitrogen and oxygen atoms in total. The number of hydrogen-bond donors (Lipinski definition) is 1. The van der Waals surface area contributed by atoms with E-state index in [4.69, 9.17) is 5.11 Å². The van der Waals surface area contributed by atoms with Crippen molar-refractivity contribution in [3.8, 4) is 0 Å². The van der Waals surface area contributed by atoms with Gasteiger partial charge in [-0.05, 0) is 36.4 Å². The SMILES string of the molecule is CC(C)c1ccc(CCN2CCC(C(=O)O)C2)cc1. The van der Waals surface area contributed by atoms with Gasteiger partial charge in [0.15, 0.2) is 0 Å². The average Bonchev–Trinajstić information content (AvgIpc) is 2.86. The molecular weight excluding hydrogens is 238 g/mol. The maximum absolute atomic E-state index is 10.9. The molecule has 0 bridgehead atoms. The van der Waals surface area contributed by atoms with E-state index in [0.29, 0.717) is 12.5 Å². The lowest BCUT2D eigenvalue weighted by Crippen LogP contribution is -2.25. The predicted octanol–water partition coefficient (Wildman–Crippen LogP) is 2.76. The quantitative estimate of drug-likeness (QED) is 0.886. The Kier molecular flexibility index (Phi) is 4.59. The Bertz CT molecular complexity index is 425. The summed E-state index contributed by atoms with van der Waals surface area (Å²) < 4.78 is 0. The molecule has 1 atom stereocenters. The Morgan fingerprint density at radius 2 is 2.05 bits per heavy atom. The van der Waals surface area contributed by atoms with Crippen molar-refractivity contribution in [3.05, 3.63) is 35.4 Å². The van der Waals surface area contributed by atoms with Gasteiger partial charge in [0.1, 0.15) is 0 Å². The zero-order valence-corrected chi connectivity index (χ0v) is 11.8. The van der Waals surface area contributed by atoms with Gasteiger partial charge in [0.2, 0.25) is 0 Å². The third-order valence-electron chi connectivity index (χ3n) is 3.98. The molecule has 1 aromatic rings. The van der Waals surface area contributed by atoms with Gasteiger partial charge in [-0.15, -0.1) is 0 Å². The highest BCUT2D eigenvalue weighted by molar-refractivity contribution is 5.70. The average molecular weight is 261 g/mol. The molecule has 0 aliphatic carbocycles. The van der Waals surface area contributed by atoms with Crippen LogP contribution in [-0.4, -0.2) is 35.6 Å². The van der Waals surface area contributed by atoms with Crippen LogP contribution < -0.4 is 0 Å². The maximum atomic E-state index is 10.9. The molecule has 0 saturated carbocycles. The van der Waals surface area contributed by atoms with Crippen LogP contribution in [0.2, 0.25) is 0 Å². The first-order chi connectivity index (χ1) is 9.06. The molecule has 1 fully saturated rings. The number of carboxylic acid groups (broad SMARTS) is 1. The molecule has 1 saturated heterocycles. The number of nitrogens with zero attached hydrogens (tertiary/aromatic N) is 1. The summed E-state index contributed by atoms with van der Waals surface area (Å²) in [7, 11) is 0. The number of likely N-dealkylation sites (tertiary alicyclic amines) is 1. The number of benzene rings is 1. The normalized spacial score (nSPS) is 20.1. The summed E-state index contributed by atoms with van der Waals surface area (Å²) in [6.45, 7) is 6.99. The Hall–Kier alpha value is -1.35. The molecule has 1 aliphatic heterocycles. The Balaban J connectivity index is 1.81. The summed E-state index contributed by atoms with van der Waals surface area (Å²) in [4.78, 5) is 13.2. The first-order valence-corrected chi connectivity index (χ1v) is 7.10. The van der Waals surface area contributed by atoms with Crippen molar-refractivity contribution in [2.45, 2.75) is 32.6 Å². The third-order valence-corrected chi connectivity index (χ3v) is 3.98. The van der Waals surface area contributed by atoms with E-state index in [-0.39, 0.29) is 5.92 Å². The highest BCUT2D eigenvalue weighted by Gasteiger charge is 2.27. The monoisotopic (exact) mass is 261 g/mol. The second kappa shape index (κ2) is 6.20. The predicted molar refractivity (Wildman–Crippen MR) is 76.4 cm³/mol. The van der Waals surface area contributed by atoms with Gasteiger partial charge in [0, 0.05) is 13.1 Å². The fourth-order valence-corrected chi connectivity index (χ4v) is 2.59. The standard InChI is InChI=1S/C16H23NO2/c1-12(2)14-5-3-13(4-6-14)7-9-17-10-8-15(11-17)16(18)19/h3-6,12,15H,7-11H2,1-2H3,(H,18,19). The van der Waals surface area contributed by atoms with E-state index < -0.39 is 5.97 Å². The fraction of sp³-hybridized carbons (Fsp3) is 0.562. The van der Waals surface area contributed by atoms with E-state index in [1.165, 1.54) is 11.1 Å². The molecule has 1 aromatic carbocycles. The minimum atomic E-state index is -0.649. The lowest BCUT2D eigenvalue weighted by molar-refractivity contribution is -0.141. The van der Waals surface area contributed by atoms with Crippen LogP contribution in [0.4, 0.5) is 0 Å². The van der Waals surface area contributed by atoms with Crippen LogP contribution in [0.1, 0.15) is 37.3 Å². The molecule has 2 rings (SSSR count). The molecule has 0 radical (unpaired) electrons. The topological polar surface area (TPSA) is 40.5 Å². The number of hydrogen-bond acceptors (Lipinski definition) is 2. The van der Waals surface area contributed by atoms with Crippen LogP contribution in [0.25, 0.3) is 0 Å². The molecule has 0 amide bonds. The maximum Gasteiger partial charge on any atom is 0.307 e. The highest BCUT2D eigenvalue weighted by Crippen LogP contribution is 2.18. The summed E-state index contributed by atoms with van der Waals surface area (Å²) in [5, 5.41) is 8.97. The van der Waals surface area contributed by atoms with Crippen LogP contribution >= 0.6 is 0 Å². The Morgan fingerprint density at radius 3 is 2.58 bits per heavy atom. The first kappa shape index (κ1) is 14.1. The van der Waals surface area contributed by atoms with Crippen LogP contribution in [0.5, 0.6) is 0 Å². The molecule has 104 valence electrons. The van der Waals surface area contributed by atoms with Gasteiger partial charge < -0.3 is 10.0 Å². The molecule has 1 heterocycles. The van der Waals surface area contributed by atoms with Gasteiger partial charge in [-0.2, -0.15) is 0 Å². The van der Waals surface area contributed by atoms with Crippen molar-refractivity contribution in [3.63, 3.8) is 0 Å². The van der Waals surface area contributed by atoms with Crippen molar-refractivity contribution in [2.24, 2.45) is 5.92 Å². The minimum Gasteiger partial charge on any atom is -0.481 e. The molecule has 1 aliphatic rings. The van der Waals surface area contributed by atoms with E-state index in [1.807, 2.05) is 0 Å². The Morgan fingerprint density at radius 1 is 1.37 bits per heavy atom. The molecule has 3 heteroatoms. The molecule has 1 N–H and O–H groups in total. The molecule has 19 heavy (non-hydrogen) atoms. The summed E-state index contributed by atoms with van der Waals surface area (Å²) in [5.74, 6) is -0.240. The van der Waals surface area contributed by atoms with Gasteiger partial charge in [0.25, 0.3) is 0 Å². The number of carbonyl (C=O) groups is 1. The summed E-state index contributed by atoms with van der Waals surface area (Å²) >= 11 is 0. The van der Waals surface area contributed by atoms with Crippen molar-refractivity contribution in [1.82, 2.24) is 4.90 Å². The largest absolute Gasteiger partial charge is 0.481 e. The van der Waals surface area contributed by atoms with Crippen molar-refractivity contribution < 1.29 is 9.90 Å². The number of aliphatic carboxylic acids is 1. The molecule has 0 aromatic heterocycles. The lowest BCUT2D eigenvalue weighted by atomic mass is 10.0. The molecule has 1 unspecified atom stereocenters. The zero-order valence-electron chi connectivity index (χ0n) is 11.8. The van der Waals surface area contributed by atoms with Crippen LogP contribution in [0, 0.1) is 5.92 Å². The van der Waals surface area contributed by atoms with Crippen LogP contribution in [-0.2, 0) is 11.2 Å². The molecular formula is C16H23NO2. The van der Waals surface area contributed by atoms with Gasteiger partial charge >= 0.3 is 5.97 Å². The zero-order chi connectivity index (χ0) is 13.8. The van der Waals surface area contributed by atoms with E-state index in [2.05, 4.69) is 43.0 Å². The van der Waals surface area contributed by atoms with Gasteiger partial charge in [-0.1, -0.05) is 38.1 Å². The van der Waals surface area contributed by atoms with Crippen LogP contribution in [0.3, 0.4) is 0 Å². The van der Waals surface area contributed by atoms with E-state index in [0.717, 1.165) is 25.9 Å². The second-order valence-electron chi connectivity index (χ2n) is 5.77. The summed E-state index contributed by atoms with van der Waals surface area (Å²) in [6.07, 6.45) is 1.80. The molecule has 0 spiro atoms. The van der Waals surface area contributed by atoms with Crippen LogP contribution in [0.15, 0.2) is 24.3 Å². The number of rotatable bonds is 5. The second-order valence-corrected chi connectivity index (χ2v) is 5.77. The smallest absolute Gasteiger partial charge is 0.307 e. The van der Waals surface area contributed by atoms with Gasteiger partial charge in [-0.25, -0.2) is 0 Å². The lowest BCUT2D eigenvalue weighted by Gasteiger charge is -2.15. The fourth-order valence-electron chi connectivity index (χ4n) is 2.59. The van der Waals surface area contributed by atoms with Gasteiger partial charge in [0.05, 0.1) is 5.92 Å². The highest BCUT2D eigenvalue weighted by atomic mass is 16.4. The third kappa shape index (κ3) is 3.80. The van der Waals surface area contributed by atoms with Crippen molar-refractivity contribution in [2.75, 3.05) is 19.6 Å². The van der Waals surface area contributed by atoms with Crippen molar-refractivity contribution >= 4 is 5.97 Å². The summed E-state index contributed by atoms with van der Waals surface area (Å²) in [6, 6.07) is 8.79. The van der Waals surface area contributed by atoms with E-state index in [9.17, 15) is 4.79 Å². The Labute approximate surface area is 115 Å². The minimum absolute atomic E-state index is 0.164. The van der Waals surface area contributed by atoms with E-state index in [1.54, 1.807) is 0 Å². The van der Waals surface area contributed by atoms with Crippen molar-refractivity contribution in [1.29, 1.82) is 0 Å². The van der Waals surface area contributed by atoms with Gasteiger partial charge in [-0.3, -0.25) is 4.79 Å². The number of carboxylic acids is 1. The summed E-state index contributed by atoms with van der Waals surface area (Å²) in [5.41, 5.74) is 2.71. The van der Waals surface area contributed by atoms with E-state index >= 15 is 0 Å².